The van der Waals surface area contributed by atoms with E-state index in [-0.39, 0.29) is 12.6 Å². The standard InChI is InChI=1S/C13H15F3N2O2/c1-9-6-18(7-12(19)17-8-13(14,15)16)10-4-2-3-5-11(10)20-9/h2-5,9H,6-8H2,1H3,(H,17,19)/t9-/m1/s1. The van der Waals surface area contributed by atoms with Crippen LogP contribution in [0.5, 0.6) is 5.75 Å². The maximum absolute atomic E-state index is 12.0. The lowest BCUT2D eigenvalue weighted by Gasteiger charge is -2.34. The van der Waals surface area contributed by atoms with Gasteiger partial charge in [0.15, 0.2) is 0 Å². The number of anilines is 1. The Balaban J connectivity index is 2.01. The van der Waals surface area contributed by atoms with Crippen LogP contribution < -0.4 is 15.0 Å². The van der Waals surface area contributed by atoms with Gasteiger partial charge < -0.3 is 15.0 Å². The van der Waals surface area contributed by atoms with Crippen LogP contribution in [-0.2, 0) is 4.79 Å². The highest BCUT2D eigenvalue weighted by molar-refractivity contribution is 5.82. The van der Waals surface area contributed by atoms with E-state index in [0.29, 0.717) is 18.0 Å². The number of ether oxygens (including phenoxy) is 1. The third kappa shape index (κ3) is 3.79. The first-order valence-electron chi connectivity index (χ1n) is 6.19. The molecule has 0 aliphatic carbocycles. The summed E-state index contributed by atoms with van der Waals surface area (Å²) < 4.78 is 41.7. The van der Waals surface area contributed by atoms with E-state index in [1.165, 1.54) is 0 Å². The number of hydrogen-bond donors (Lipinski definition) is 1. The van der Waals surface area contributed by atoms with Crippen molar-refractivity contribution in [3.05, 3.63) is 24.3 Å². The summed E-state index contributed by atoms with van der Waals surface area (Å²) in [6.07, 6.45) is -4.52. The molecule has 1 heterocycles. The van der Waals surface area contributed by atoms with Gasteiger partial charge in [0.05, 0.1) is 18.8 Å². The minimum atomic E-state index is -4.40. The van der Waals surface area contributed by atoms with Crippen LogP contribution in [0.2, 0.25) is 0 Å². The quantitative estimate of drug-likeness (QED) is 0.924. The van der Waals surface area contributed by atoms with Gasteiger partial charge in [-0.25, -0.2) is 0 Å². The van der Waals surface area contributed by atoms with Crippen LogP contribution in [0.1, 0.15) is 6.92 Å². The number of nitrogens with one attached hydrogen (secondary N) is 1. The van der Waals surface area contributed by atoms with Crippen molar-refractivity contribution < 1.29 is 22.7 Å². The summed E-state index contributed by atoms with van der Waals surface area (Å²) in [4.78, 5) is 13.3. The monoisotopic (exact) mass is 288 g/mol. The molecule has 0 radical (unpaired) electrons. The fourth-order valence-electron chi connectivity index (χ4n) is 2.06. The molecule has 20 heavy (non-hydrogen) atoms. The number of nitrogens with zero attached hydrogens (tertiary/aromatic N) is 1. The first kappa shape index (κ1) is 14.5. The van der Waals surface area contributed by atoms with Crippen molar-refractivity contribution in [1.82, 2.24) is 5.32 Å². The second-order valence-electron chi connectivity index (χ2n) is 4.67. The third-order valence-electron chi connectivity index (χ3n) is 2.83. The van der Waals surface area contributed by atoms with Crippen molar-refractivity contribution in [3.8, 4) is 5.75 Å². The third-order valence-corrected chi connectivity index (χ3v) is 2.83. The molecule has 0 bridgehead atoms. The van der Waals surface area contributed by atoms with E-state index in [2.05, 4.69) is 0 Å². The van der Waals surface area contributed by atoms with E-state index < -0.39 is 18.6 Å². The summed E-state index contributed by atoms with van der Waals surface area (Å²) in [5.41, 5.74) is 0.716. The molecule has 0 spiro atoms. The molecule has 1 aliphatic rings. The number of halogens is 3. The summed E-state index contributed by atoms with van der Waals surface area (Å²) in [6.45, 7) is 0.862. The summed E-state index contributed by atoms with van der Waals surface area (Å²) >= 11 is 0. The summed E-state index contributed by atoms with van der Waals surface area (Å²) in [6, 6.07) is 7.14. The Morgan fingerprint density at radius 3 is 2.85 bits per heavy atom. The van der Waals surface area contributed by atoms with E-state index in [0.717, 1.165) is 0 Å². The molecule has 1 aliphatic heterocycles. The Morgan fingerprint density at radius 1 is 1.45 bits per heavy atom. The highest BCUT2D eigenvalue weighted by atomic mass is 19.4. The smallest absolute Gasteiger partial charge is 0.405 e. The van der Waals surface area contributed by atoms with Gasteiger partial charge in [0, 0.05) is 0 Å². The van der Waals surface area contributed by atoms with Gasteiger partial charge in [-0.2, -0.15) is 13.2 Å². The average molecular weight is 288 g/mol. The van der Waals surface area contributed by atoms with Crippen LogP contribution in [0.4, 0.5) is 18.9 Å². The fraction of sp³-hybridized carbons (Fsp3) is 0.462. The molecule has 110 valence electrons. The maximum atomic E-state index is 12.0. The first-order chi connectivity index (χ1) is 9.35. The van der Waals surface area contributed by atoms with Crippen LogP contribution in [0, 0.1) is 0 Å². The molecule has 1 amide bonds. The second kappa shape index (κ2) is 5.60. The van der Waals surface area contributed by atoms with Crippen LogP contribution in [0.25, 0.3) is 0 Å². The predicted molar refractivity (Wildman–Crippen MR) is 67.8 cm³/mol. The molecule has 0 saturated heterocycles. The van der Waals surface area contributed by atoms with Gasteiger partial charge in [0.2, 0.25) is 5.91 Å². The van der Waals surface area contributed by atoms with Crippen molar-refractivity contribution in [1.29, 1.82) is 0 Å². The molecule has 7 heteroatoms. The normalized spacial score (nSPS) is 18.2. The summed E-state index contributed by atoms with van der Waals surface area (Å²) in [5.74, 6) is -0.0268. The molecule has 0 unspecified atom stereocenters. The number of rotatable bonds is 3. The Labute approximate surface area is 114 Å². The first-order valence-corrected chi connectivity index (χ1v) is 6.19. The highest BCUT2D eigenvalue weighted by Gasteiger charge is 2.29. The largest absolute Gasteiger partial charge is 0.487 e. The summed E-state index contributed by atoms with van der Waals surface area (Å²) in [7, 11) is 0. The number of para-hydroxylation sites is 2. The zero-order valence-corrected chi connectivity index (χ0v) is 10.9. The van der Waals surface area contributed by atoms with Gasteiger partial charge >= 0.3 is 6.18 Å². The number of alkyl halides is 3. The van der Waals surface area contributed by atoms with Crippen LogP contribution in [0.15, 0.2) is 24.3 Å². The molecule has 4 nitrogen and oxygen atoms in total. The molecule has 1 atom stereocenters. The van der Waals surface area contributed by atoms with E-state index in [1.54, 1.807) is 29.2 Å². The highest BCUT2D eigenvalue weighted by Crippen LogP contribution is 2.32. The maximum Gasteiger partial charge on any atom is 0.405 e. The van der Waals surface area contributed by atoms with E-state index in [9.17, 15) is 18.0 Å². The molecule has 0 aromatic heterocycles. The minimum absolute atomic E-state index is 0.124. The van der Waals surface area contributed by atoms with Crippen molar-refractivity contribution in [2.24, 2.45) is 0 Å². The van der Waals surface area contributed by atoms with Gasteiger partial charge in [-0.1, -0.05) is 12.1 Å². The molecule has 1 aromatic rings. The Morgan fingerprint density at radius 2 is 2.15 bits per heavy atom. The fourth-order valence-corrected chi connectivity index (χ4v) is 2.06. The van der Waals surface area contributed by atoms with Crippen LogP contribution in [-0.4, -0.2) is 37.8 Å². The molecule has 0 saturated carbocycles. The Hall–Kier alpha value is -1.92. The summed E-state index contributed by atoms with van der Waals surface area (Å²) in [5, 5.41) is 1.87. The number of hydrogen-bond acceptors (Lipinski definition) is 3. The van der Waals surface area contributed by atoms with Gasteiger partial charge in [-0.05, 0) is 19.1 Å². The zero-order valence-electron chi connectivity index (χ0n) is 10.9. The molecule has 2 rings (SSSR count). The van der Waals surface area contributed by atoms with Crippen molar-refractivity contribution in [2.45, 2.75) is 19.2 Å². The molecule has 0 fully saturated rings. The SMILES string of the molecule is C[C@@H]1CN(CC(=O)NCC(F)(F)F)c2ccccc2O1. The Bertz CT molecular complexity index is 491. The number of carbonyl (C=O) groups excluding carboxylic acids is 1. The van der Waals surface area contributed by atoms with Gasteiger partial charge in [-0.15, -0.1) is 0 Å². The average Bonchev–Trinajstić information content (AvgIpc) is 2.35. The molecule has 1 aromatic carbocycles. The number of benzene rings is 1. The van der Waals surface area contributed by atoms with Gasteiger partial charge in [0.1, 0.15) is 18.4 Å². The van der Waals surface area contributed by atoms with Crippen LogP contribution >= 0.6 is 0 Å². The van der Waals surface area contributed by atoms with E-state index in [4.69, 9.17) is 4.74 Å². The van der Waals surface area contributed by atoms with E-state index >= 15 is 0 Å². The lowest BCUT2D eigenvalue weighted by Crippen LogP contribution is -2.45. The predicted octanol–water partition coefficient (Wildman–Crippen LogP) is 1.95. The van der Waals surface area contributed by atoms with Gasteiger partial charge in [0.25, 0.3) is 0 Å². The van der Waals surface area contributed by atoms with E-state index in [1.807, 2.05) is 12.2 Å². The molecular weight excluding hydrogens is 273 g/mol. The lowest BCUT2D eigenvalue weighted by molar-refractivity contribution is -0.137. The van der Waals surface area contributed by atoms with Crippen molar-refractivity contribution in [3.63, 3.8) is 0 Å². The number of amides is 1. The second-order valence-corrected chi connectivity index (χ2v) is 4.67. The topological polar surface area (TPSA) is 41.6 Å². The van der Waals surface area contributed by atoms with Gasteiger partial charge in [-0.3, -0.25) is 4.79 Å². The van der Waals surface area contributed by atoms with Crippen LogP contribution in [0.3, 0.4) is 0 Å². The molecular formula is C13H15F3N2O2. The number of carbonyl (C=O) groups is 1. The van der Waals surface area contributed by atoms with Crippen molar-refractivity contribution >= 4 is 11.6 Å². The molecule has 1 N–H and O–H groups in total. The minimum Gasteiger partial charge on any atom is -0.487 e. The number of fused-ring (bicyclic) bond motifs is 1. The lowest BCUT2D eigenvalue weighted by atomic mass is 10.2. The van der Waals surface area contributed by atoms with Crippen molar-refractivity contribution in [2.75, 3.05) is 24.5 Å². The zero-order chi connectivity index (χ0) is 14.8. The Kier molecular flexibility index (Phi) is 4.06.